The average molecular weight is 699 g/mol. The van der Waals surface area contributed by atoms with Crippen LogP contribution in [0.2, 0.25) is 0 Å². The van der Waals surface area contributed by atoms with Crippen LogP contribution in [-0.4, -0.2) is 23.2 Å². The van der Waals surface area contributed by atoms with Crippen molar-refractivity contribution in [3.8, 4) is 35.2 Å². The maximum atomic E-state index is 5.99. The fourth-order valence-corrected chi connectivity index (χ4v) is 6.37. The van der Waals surface area contributed by atoms with Gasteiger partial charge in [-0.1, -0.05) is 153 Å². The van der Waals surface area contributed by atoms with Crippen molar-refractivity contribution in [3.05, 3.63) is 95.3 Å². The Balaban J connectivity index is 1.19. The van der Waals surface area contributed by atoms with Crippen molar-refractivity contribution in [2.45, 2.75) is 142 Å². The molecule has 4 aromatic rings. The average Bonchev–Trinajstić information content (AvgIpc) is 3.18. The Morgan fingerprint density at radius 1 is 0.385 bits per heavy atom. The van der Waals surface area contributed by atoms with Crippen LogP contribution in [0.5, 0.6) is 11.5 Å². The normalized spacial score (nSPS) is 10.7. The largest absolute Gasteiger partial charge is 0.494 e. The van der Waals surface area contributed by atoms with E-state index in [9.17, 15) is 0 Å². The van der Waals surface area contributed by atoms with E-state index in [1.54, 1.807) is 12.4 Å². The first-order valence-corrected chi connectivity index (χ1v) is 20.5. The molecule has 0 saturated carbocycles. The molecule has 0 aliphatic rings. The minimum absolute atomic E-state index is 0.758. The summed E-state index contributed by atoms with van der Waals surface area (Å²) in [5.74, 6) is 15.0. The van der Waals surface area contributed by atoms with E-state index in [-0.39, 0.29) is 0 Å². The molecule has 0 bridgehead atoms. The Labute approximate surface area is 315 Å². The molecular formula is C48H62N2O2. The number of unbranched alkanes of at least 4 members (excludes halogenated alkanes) is 18. The fourth-order valence-electron chi connectivity index (χ4n) is 6.37. The molecule has 0 N–H and O–H groups in total. The minimum atomic E-state index is 0.758. The summed E-state index contributed by atoms with van der Waals surface area (Å²) in [7, 11) is 0. The monoisotopic (exact) mass is 698 g/mol. The van der Waals surface area contributed by atoms with Crippen LogP contribution in [0.3, 0.4) is 0 Å². The van der Waals surface area contributed by atoms with Crippen molar-refractivity contribution >= 4 is 11.0 Å². The lowest BCUT2D eigenvalue weighted by Crippen LogP contribution is -1.97. The van der Waals surface area contributed by atoms with Gasteiger partial charge in [-0.2, -0.15) is 0 Å². The van der Waals surface area contributed by atoms with E-state index >= 15 is 0 Å². The number of benzene rings is 3. The SMILES string of the molecule is CCCCCCCCCCCCOc1ccc(C#Cc2ccc(C#Cc3ccc(OCCCCCCCCCCCC)cc3)c3nccnc23)cc1. The third-order valence-electron chi connectivity index (χ3n) is 9.55. The molecule has 4 rings (SSSR count). The molecule has 276 valence electrons. The lowest BCUT2D eigenvalue weighted by atomic mass is 10.1. The van der Waals surface area contributed by atoms with Gasteiger partial charge in [-0.3, -0.25) is 9.97 Å². The first-order valence-electron chi connectivity index (χ1n) is 20.5. The molecule has 4 heteroatoms. The summed E-state index contributed by atoms with van der Waals surface area (Å²) in [6.07, 6.45) is 29.9. The third kappa shape index (κ3) is 15.9. The van der Waals surface area contributed by atoms with Crippen LogP contribution < -0.4 is 9.47 Å². The highest BCUT2D eigenvalue weighted by atomic mass is 16.5. The molecule has 0 unspecified atom stereocenters. The molecule has 3 aromatic carbocycles. The number of hydrogen-bond donors (Lipinski definition) is 0. The van der Waals surface area contributed by atoms with Crippen LogP contribution in [0.25, 0.3) is 11.0 Å². The molecule has 0 aliphatic carbocycles. The van der Waals surface area contributed by atoms with Gasteiger partial charge in [-0.05, 0) is 73.5 Å². The van der Waals surface area contributed by atoms with Gasteiger partial charge in [0, 0.05) is 23.5 Å². The highest BCUT2D eigenvalue weighted by Crippen LogP contribution is 2.20. The highest BCUT2D eigenvalue weighted by Gasteiger charge is 2.06. The summed E-state index contributed by atoms with van der Waals surface area (Å²) in [5.41, 5.74) is 5.05. The van der Waals surface area contributed by atoms with Gasteiger partial charge in [0.1, 0.15) is 22.5 Å². The van der Waals surface area contributed by atoms with Gasteiger partial charge in [0.05, 0.1) is 24.3 Å². The number of ether oxygens (including phenoxy) is 2. The molecule has 52 heavy (non-hydrogen) atoms. The summed E-state index contributed by atoms with van der Waals surface area (Å²) in [4.78, 5) is 9.23. The number of nitrogens with zero attached hydrogens (tertiary/aromatic N) is 2. The predicted molar refractivity (Wildman–Crippen MR) is 219 cm³/mol. The summed E-state index contributed by atoms with van der Waals surface area (Å²) in [6, 6.07) is 20.1. The van der Waals surface area contributed by atoms with Crippen LogP contribution in [0.1, 0.15) is 165 Å². The van der Waals surface area contributed by atoms with E-state index < -0.39 is 0 Å². The summed E-state index contributed by atoms with van der Waals surface area (Å²) in [6.45, 7) is 6.08. The van der Waals surface area contributed by atoms with Gasteiger partial charge < -0.3 is 9.47 Å². The Morgan fingerprint density at radius 2 is 0.712 bits per heavy atom. The zero-order valence-corrected chi connectivity index (χ0v) is 32.2. The smallest absolute Gasteiger partial charge is 0.119 e. The number of aromatic nitrogens is 2. The third-order valence-corrected chi connectivity index (χ3v) is 9.55. The van der Waals surface area contributed by atoms with Crippen molar-refractivity contribution < 1.29 is 9.47 Å². The summed E-state index contributed by atoms with van der Waals surface area (Å²) in [5, 5.41) is 0. The lowest BCUT2D eigenvalue weighted by molar-refractivity contribution is 0.304. The van der Waals surface area contributed by atoms with Crippen molar-refractivity contribution in [1.29, 1.82) is 0 Å². The van der Waals surface area contributed by atoms with Crippen molar-refractivity contribution in [3.63, 3.8) is 0 Å². The molecule has 0 fully saturated rings. The minimum Gasteiger partial charge on any atom is -0.494 e. The van der Waals surface area contributed by atoms with E-state index in [0.717, 1.165) is 70.8 Å². The van der Waals surface area contributed by atoms with E-state index in [2.05, 4.69) is 47.5 Å². The standard InChI is InChI=1S/C48H62N2O2/c1-3-5-7-9-11-13-15-17-19-21-39-51-45-33-25-41(26-34-45)23-29-43-31-32-44(48-47(43)49-37-38-50-48)30-24-42-27-35-46(36-28-42)52-40-22-20-18-16-14-12-10-8-6-4-2/h25-28,31-38H,3-22,39-40H2,1-2H3. The molecular weight excluding hydrogens is 637 g/mol. The van der Waals surface area contributed by atoms with Gasteiger partial charge in [0.15, 0.2) is 0 Å². The van der Waals surface area contributed by atoms with Gasteiger partial charge in [0.2, 0.25) is 0 Å². The molecule has 1 aromatic heterocycles. The van der Waals surface area contributed by atoms with Crippen LogP contribution in [0.15, 0.2) is 73.1 Å². The topological polar surface area (TPSA) is 44.2 Å². The maximum Gasteiger partial charge on any atom is 0.119 e. The van der Waals surface area contributed by atoms with Crippen molar-refractivity contribution in [1.82, 2.24) is 9.97 Å². The summed E-state index contributed by atoms with van der Waals surface area (Å²) < 4.78 is 12.0. The molecule has 0 spiro atoms. The van der Waals surface area contributed by atoms with E-state index in [4.69, 9.17) is 9.47 Å². The van der Waals surface area contributed by atoms with Gasteiger partial charge in [0.25, 0.3) is 0 Å². The molecule has 0 aliphatic heterocycles. The molecule has 4 nitrogen and oxygen atoms in total. The zero-order chi connectivity index (χ0) is 36.3. The zero-order valence-electron chi connectivity index (χ0n) is 32.2. The Hall–Kier alpha value is -4.28. The Morgan fingerprint density at radius 3 is 1.06 bits per heavy atom. The van der Waals surface area contributed by atoms with Gasteiger partial charge >= 0.3 is 0 Å². The van der Waals surface area contributed by atoms with Crippen LogP contribution in [0, 0.1) is 23.7 Å². The van der Waals surface area contributed by atoms with Crippen LogP contribution >= 0.6 is 0 Å². The quantitative estimate of drug-likeness (QED) is 0.0540. The summed E-state index contributed by atoms with van der Waals surface area (Å²) >= 11 is 0. The molecule has 0 amide bonds. The number of rotatable bonds is 24. The van der Waals surface area contributed by atoms with Crippen LogP contribution in [0.4, 0.5) is 0 Å². The molecule has 0 atom stereocenters. The van der Waals surface area contributed by atoms with Crippen molar-refractivity contribution in [2.75, 3.05) is 13.2 Å². The van der Waals surface area contributed by atoms with Crippen molar-refractivity contribution in [2.24, 2.45) is 0 Å². The Kier molecular flexibility index (Phi) is 20.0. The fraction of sp³-hybridized carbons (Fsp3) is 0.500. The first kappa shape index (κ1) is 40.5. The second-order valence-corrected chi connectivity index (χ2v) is 14.0. The van der Waals surface area contributed by atoms with Crippen LogP contribution in [-0.2, 0) is 0 Å². The number of hydrogen-bond acceptors (Lipinski definition) is 4. The van der Waals surface area contributed by atoms with E-state index in [1.807, 2.05) is 60.7 Å². The second-order valence-electron chi connectivity index (χ2n) is 14.0. The number of fused-ring (bicyclic) bond motifs is 1. The highest BCUT2D eigenvalue weighted by molar-refractivity contribution is 5.86. The lowest BCUT2D eigenvalue weighted by Gasteiger charge is -2.06. The van der Waals surface area contributed by atoms with E-state index in [1.165, 1.54) is 116 Å². The maximum absolute atomic E-state index is 5.99. The van der Waals surface area contributed by atoms with E-state index in [0.29, 0.717) is 0 Å². The first-order chi connectivity index (χ1) is 25.8. The molecule has 1 heterocycles. The second kappa shape index (κ2) is 25.6. The molecule has 0 saturated heterocycles. The predicted octanol–water partition coefficient (Wildman–Crippen LogP) is 13.0. The Bertz CT molecular complexity index is 1550. The van der Waals surface area contributed by atoms with Gasteiger partial charge in [-0.15, -0.1) is 0 Å². The molecule has 0 radical (unpaired) electrons. The van der Waals surface area contributed by atoms with Gasteiger partial charge in [-0.25, -0.2) is 0 Å².